The standard InChI is InChI=1S/C21H33N5OS/c1-5-18-15-23-20(28-18)16-25-21(22-4)24-14-17-10-8-9-11-19(17)27-13-12-26(6-2)7-3/h8-11,15H,5-7,12-14,16H2,1-4H3,(H2,22,24,25). The number of thiazole rings is 1. The second-order valence-electron chi connectivity index (χ2n) is 6.34. The van der Waals surface area contributed by atoms with Crippen molar-refractivity contribution in [3.05, 3.63) is 45.9 Å². The SMILES string of the molecule is CCc1cnc(CNC(=NC)NCc2ccccc2OCCN(CC)CC)s1. The number of nitrogens with one attached hydrogen (secondary N) is 2. The first-order valence-corrected chi connectivity index (χ1v) is 10.8. The Hall–Kier alpha value is -2.12. The molecule has 0 radical (unpaired) electrons. The van der Waals surface area contributed by atoms with Crippen LogP contribution in [0.5, 0.6) is 5.75 Å². The van der Waals surface area contributed by atoms with Crippen molar-refractivity contribution in [2.75, 3.05) is 33.3 Å². The van der Waals surface area contributed by atoms with Gasteiger partial charge in [0.1, 0.15) is 17.4 Å². The average Bonchev–Trinajstić information content (AvgIpc) is 3.20. The highest BCUT2D eigenvalue weighted by Crippen LogP contribution is 2.18. The van der Waals surface area contributed by atoms with Gasteiger partial charge in [-0.15, -0.1) is 11.3 Å². The van der Waals surface area contributed by atoms with Gasteiger partial charge in [-0.25, -0.2) is 4.98 Å². The molecular weight excluding hydrogens is 370 g/mol. The van der Waals surface area contributed by atoms with E-state index in [4.69, 9.17) is 4.74 Å². The molecule has 154 valence electrons. The van der Waals surface area contributed by atoms with Gasteiger partial charge >= 0.3 is 0 Å². The third kappa shape index (κ3) is 7.13. The van der Waals surface area contributed by atoms with Crippen molar-refractivity contribution in [2.45, 2.75) is 40.3 Å². The summed E-state index contributed by atoms with van der Waals surface area (Å²) in [5.74, 6) is 1.68. The maximum absolute atomic E-state index is 6.03. The van der Waals surface area contributed by atoms with E-state index in [2.05, 4.69) is 52.3 Å². The molecule has 7 heteroatoms. The zero-order valence-electron chi connectivity index (χ0n) is 17.5. The van der Waals surface area contributed by atoms with Crippen molar-refractivity contribution in [1.29, 1.82) is 0 Å². The molecule has 28 heavy (non-hydrogen) atoms. The van der Waals surface area contributed by atoms with E-state index in [1.807, 2.05) is 24.4 Å². The van der Waals surface area contributed by atoms with Crippen LogP contribution in [0.2, 0.25) is 0 Å². The number of likely N-dealkylation sites (N-methyl/N-ethyl adjacent to an activating group) is 1. The number of guanidine groups is 1. The second-order valence-corrected chi connectivity index (χ2v) is 7.54. The number of aromatic nitrogens is 1. The number of aliphatic imine (C=N–C) groups is 1. The van der Waals surface area contributed by atoms with Crippen molar-refractivity contribution in [1.82, 2.24) is 20.5 Å². The zero-order chi connectivity index (χ0) is 20.2. The molecule has 2 aromatic rings. The lowest BCUT2D eigenvalue weighted by molar-refractivity contribution is 0.221. The van der Waals surface area contributed by atoms with Crippen LogP contribution in [0.15, 0.2) is 35.5 Å². The molecule has 0 fully saturated rings. The minimum absolute atomic E-state index is 0.652. The molecule has 0 aliphatic heterocycles. The number of aryl methyl sites for hydroxylation is 1. The van der Waals surface area contributed by atoms with Crippen LogP contribution in [0.4, 0.5) is 0 Å². The Labute approximate surface area is 173 Å². The Bertz CT molecular complexity index is 727. The summed E-state index contributed by atoms with van der Waals surface area (Å²) < 4.78 is 6.03. The lowest BCUT2D eigenvalue weighted by atomic mass is 10.2. The van der Waals surface area contributed by atoms with Crippen LogP contribution in [0, 0.1) is 0 Å². The van der Waals surface area contributed by atoms with Gasteiger partial charge in [0, 0.05) is 36.8 Å². The maximum atomic E-state index is 6.03. The molecule has 0 atom stereocenters. The number of rotatable bonds is 11. The zero-order valence-corrected chi connectivity index (χ0v) is 18.3. The summed E-state index contributed by atoms with van der Waals surface area (Å²) in [4.78, 5) is 12.4. The van der Waals surface area contributed by atoms with Crippen molar-refractivity contribution < 1.29 is 4.74 Å². The first-order valence-electron chi connectivity index (χ1n) is 10.0. The molecule has 1 heterocycles. The minimum Gasteiger partial charge on any atom is -0.492 e. The van der Waals surface area contributed by atoms with E-state index in [1.54, 1.807) is 18.4 Å². The molecule has 0 saturated heterocycles. The Morgan fingerprint density at radius 2 is 1.89 bits per heavy atom. The van der Waals surface area contributed by atoms with Gasteiger partial charge in [-0.1, -0.05) is 39.0 Å². The first kappa shape index (κ1) is 22.2. The van der Waals surface area contributed by atoms with E-state index in [1.165, 1.54) is 4.88 Å². The quantitative estimate of drug-likeness (QED) is 0.445. The van der Waals surface area contributed by atoms with Gasteiger partial charge < -0.3 is 20.3 Å². The Morgan fingerprint density at radius 1 is 1.14 bits per heavy atom. The number of nitrogens with zero attached hydrogens (tertiary/aromatic N) is 3. The third-order valence-corrected chi connectivity index (χ3v) is 5.70. The van der Waals surface area contributed by atoms with Crippen LogP contribution in [-0.4, -0.2) is 49.1 Å². The first-order chi connectivity index (χ1) is 13.7. The highest BCUT2D eigenvalue weighted by Gasteiger charge is 2.07. The monoisotopic (exact) mass is 403 g/mol. The highest BCUT2D eigenvalue weighted by atomic mass is 32.1. The minimum atomic E-state index is 0.652. The molecule has 0 saturated carbocycles. The van der Waals surface area contributed by atoms with Crippen molar-refractivity contribution >= 4 is 17.3 Å². The van der Waals surface area contributed by atoms with E-state index in [9.17, 15) is 0 Å². The van der Waals surface area contributed by atoms with Gasteiger partial charge in [0.25, 0.3) is 0 Å². The molecule has 0 amide bonds. The Balaban J connectivity index is 1.84. The summed E-state index contributed by atoms with van der Waals surface area (Å²) in [6.07, 6.45) is 2.97. The Kier molecular flexibility index (Phi) is 9.79. The maximum Gasteiger partial charge on any atom is 0.191 e. The summed E-state index contributed by atoms with van der Waals surface area (Å²) in [6.45, 7) is 11.5. The van der Waals surface area contributed by atoms with E-state index >= 15 is 0 Å². The third-order valence-electron chi connectivity index (χ3n) is 4.56. The molecule has 1 aromatic heterocycles. The molecule has 1 aromatic carbocycles. The van der Waals surface area contributed by atoms with Crippen LogP contribution in [0.25, 0.3) is 0 Å². The van der Waals surface area contributed by atoms with Crippen molar-refractivity contribution in [3.63, 3.8) is 0 Å². The largest absolute Gasteiger partial charge is 0.492 e. The molecule has 0 aliphatic carbocycles. The van der Waals surface area contributed by atoms with E-state index in [0.29, 0.717) is 19.7 Å². The fraction of sp³-hybridized carbons (Fsp3) is 0.524. The fourth-order valence-corrected chi connectivity index (χ4v) is 3.57. The second kappa shape index (κ2) is 12.4. The molecular formula is C21H33N5OS. The molecule has 2 N–H and O–H groups in total. The van der Waals surface area contributed by atoms with Gasteiger partial charge in [-0.2, -0.15) is 0 Å². The number of ether oxygens (including phenoxy) is 1. The molecule has 0 aliphatic rings. The predicted molar refractivity (Wildman–Crippen MR) is 118 cm³/mol. The van der Waals surface area contributed by atoms with E-state index in [-0.39, 0.29) is 0 Å². The summed E-state index contributed by atoms with van der Waals surface area (Å²) >= 11 is 1.74. The number of hydrogen-bond donors (Lipinski definition) is 2. The van der Waals surface area contributed by atoms with Gasteiger partial charge in [-0.3, -0.25) is 4.99 Å². The summed E-state index contributed by atoms with van der Waals surface area (Å²) in [5, 5.41) is 7.76. The van der Waals surface area contributed by atoms with Crippen molar-refractivity contribution in [2.24, 2.45) is 4.99 Å². The Morgan fingerprint density at radius 3 is 2.57 bits per heavy atom. The van der Waals surface area contributed by atoms with E-state index < -0.39 is 0 Å². The average molecular weight is 404 g/mol. The summed E-state index contributed by atoms with van der Waals surface area (Å²) in [7, 11) is 1.78. The van der Waals surface area contributed by atoms with Crippen LogP contribution < -0.4 is 15.4 Å². The van der Waals surface area contributed by atoms with Crippen LogP contribution in [-0.2, 0) is 19.5 Å². The van der Waals surface area contributed by atoms with Crippen LogP contribution in [0.3, 0.4) is 0 Å². The smallest absolute Gasteiger partial charge is 0.191 e. The lowest BCUT2D eigenvalue weighted by Crippen LogP contribution is -2.36. The molecule has 0 unspecified atom stereocenters. The number of para-hydroxylation sites is 1. The molecule has 2 rings (SSSR count). The molecule has 6 nitrogen and oxygen atoms in total. The predicted octanol–water partition coefficient (Wildman–Crippen LogP) is 3.29. The number of hydrogen-bond acceptors (Lipinski definition) is 5. The van der Waals surface area contributed by atoms with Crippen molar-refractivity contribution in [3.8, 4) is 5.75 Å². The molecule has 0 spiro atoms. The van der Waals surface area contributed by atoms with Gasteiger partial charge in [0.2, 0.25) is 0 Å². The topological polar surface area (TPSA) is 61.8 Å². The highest BCUT2D eigenvalue weighted by molar-refractivity contribution is 7.11. The van der Waals surface area contributed by atoms with Gasteiger partial charge in [-0.05, 0) is 25.6 Å². The van der Waals surface area contributed by atoms with Crippen LogP contribution >= 0.6 is 11.3 Å². The van der Waals surface area contributed by atoms with E-state index in [0.717, 1.165) is 48.3 Å². The normalized spacial score (nSPS) is 11.7. The van der Waals surface area contributed by atoms with Crippen LogP contribution in [0.1, 0.15) is 36.2 Å². The molecule has 0 bridgehead atoms. The summed E-state index contributed by atoms with van der Waals surface area (Å²) in [5.41, 5.74) is 1.12. The van der Waals surface area contributed by atoms with Gasteiger partial charge in [0.05, 0.1) is 6.54 Å². The van der Waals surface area contributed by atoms with Gasteiger partial charge in [0.15, 0.2) is 5.96 Å². The fourth-order valence-electron chi connectivity index (χ4n) is 2.77. The summed E-state index contributed by atoms with van der Waals surface area (Å²) in [6, 6.07) is 8.15. The lowest BCUT2D eigenvalue weighted by Gasteiger charge is -2.19. The number of benzene rings is 1.